The first-order valence-corrected chi connectivity index (χ1v) is 3.65. The van der Waals surface area contributed by atoms with Gasteiger partial charge in [-0.15, -0.1) is 0 Å². The number of hydrogen-bond donors (Lipinski definition) is 1. The standard InChI is InChI=1S/C7H13N3/c1-7(4-8)5-10-3-2-9-6-10/h7,9H,2-3,5-6H2,1H3. The Morgan fingerprint density at radius 1 is 1.80 bits per heavy atom. The highest BCUT2D eigenvalue weighted by Crippen LogP contribution is 1.99. The first-order valence-electron chi connectivity index (χ1n) is 3.65. The van der Waals surface area contributed by atoms with E-state index in [-0.39, 0.29) is 5.92 Å². The highest BCUT2D eigenvalue weighted by atomic mass is 15.3. The molecule has 10 heavy (non-hydrogen) atoms. The molecular weight excluding hydrogens is 126 g/mol. The van der Waals surface area contributed by atoms with Gasteiger partial charge in [-0.1, -0.05) is 0 Å². The molecule has 0 aromatic carbocycles. The van der Waals surface area contributed by atoms with Crippen LogP contribution in [0.15, 0.2) is 0 Å². The molecule has 1 unspecified atom stereocenters. The fourth-order valence-corrected chi connectivity index (χ4v) is 1.14. The van der Waals surface area contributed by atoms with Gasteiger partial charge in [0.25, 0.3) is 0 Å². The van der Waals surface area contributed by atoms with E-state index in [2.05, 4.69) is 16.3 Å². The van der Waals surface area contributed by atoms with Gasteiger partial charge in [0.1, 0.15) is 0 Å². The maximum absolute atomic E-state index is 8.50. The molecule has 1 N–H and O–H groups in total. The second-order valence-corrected chi connectivity index (χ2v) is 2.77. The summed E-state index contributed by atoms with van der Waals surface area (Å²) >= 11 is 0. The third-order valence-corrected chi connectivity index (χ3v) is 1.69. The normalized spacial score (nSPS) is 22.4. The Bertz CT molecular complexity index is 132. The molecule has 1 fully saturated rings. The van der Waals surface area contributed by atoms with Crippen LogP contribution in [-0.4, -0.2) is 31.2 Å². The topological polar surface area (TPSA) is 39.1 Å². The average molecular weight is 139 g/mol. The van der Waals surface area contributed by atoms with Crippen molar-refractivity contribution in [2.75, 3.05) is 26.3 Å². The van der Waals surface area contributed by atoms with Crippen molar-refractivity contribution in [1.82, 2.24) is 10.2 Å². The summed E-state index contributed by atoms with van der Waals surface area (Å²) < 4.78 is 0. The Balaban J connectivity index is 2.19. The molecule has 0 aromatic heterocycles. The number of nitriles is 1. The van der Waals surface area contributed by atoms with Crippen LogP contribution in [0.25, 0.3) is 0 Å². The smallest absolute Gasteiger partial charge is 0.0666 e. The van der Waals surface area contributed by atoms with Gasteiger partial charge in [0.05, 0.1) is 12.0 Å². The van der Waals surface area contributed by atoms with E-state index in [4.69, 9.17) is 5.26 Å². The van der Waals surface area contributed by atoms with E-state index in [9.17, 15) is 0 Å². The number of rotatable bonds is 2. The number of nitrogens with one attached hydrogen (secondary N) is 1. The molecule has 0 radical (unpaired) electrons. The van der Waals surface area contributed by atoms with Crippen LogP contribution < -0.4 is 5.32 Å². The Labute approximate surface area is 61.6 Å². The maximum atomic E-state index is 8.50. The van der Waals surface area contributed by atoms with Crippen LogP contribution in [0.4, 0.5) is 0 Å². The van der Waals surface area contributed by atoms with Crippen LogP contribution in [0.2, 0.25) is 0 Å². The lowest BCUT2D eigenvalue weighted by atomic mass is 10.2. The quantitative estimate of drug-likeness (QED) is 0.585. The monoisotopic (exact) mass is 139 g/mol. The maximum Gasteiger partial charge on any atom is 0.0666 e. The van der Waals surface area contributed by atoms with Gasteiger partial charge in [-0.25, -0.2) is 0 Å². The van der Waals surface area contributed by atoms with Crippen molar-refractivity contribution in [3.05, 3.63) is 0 Å². The summed E-state index contributed by atoms with van der Waals surface area (Å²) in [5, 5.41) is 11.7. The molecule has 1 rings (SSSR count). The molecule has 3 nitrogen and oxygen atoms in total. The third kappa shape index (κ3) is 1.98. The molecule has 0 aromatic rings. The van der Waals surface area contributed by atoms with Crippen molar-refractivity contribution in [2.24, 2.45) is 5.92 Å². The summed E-state index contributed by atoms with van der Waals surface area (Å²) in [5.74, 6) is 0.167. The van der Waals surface area contributed by atoms with Crippen molar-refractivity contribution in [3.63, 3.8) is 0 Å². The zero-order valence-corrected chi connectivity index (χ0v) is 6.30. The Hall–Kier alpha value is -0.590. The second-order valence-electron chi connectivity index (χ2n) is 2.77. The first-order chi connectivity index (χ1) is 4.83. The van der Waals surface area contributed by atoms with E-state index < -0.39 is 0 Å². The van der Waals surface area contributed by atoms with Crippen LogP contribution in [-0.2, 0) is 0 Å². The van der Waals surface area contributed by atoms with E-state index in [0.717, 1.165) is 26.3 Å². The Kier molecular flexibility index (Phi) is 2.67. The van der Waals surface area contributed by atoms with E-state index >= 15 is 0 Å². The lowest BCUT2D eigenvalue weighted by molar-refractivity contribution is 0.310. The summed E-state index contributed by atoms with van der Waals surface area (Å²) in [6, 6.07) is 2.22. The number of hydrogen-bond acceptors (Lipinski definition) is 3. The van der Waals surface area contributed by atoms with Gasteiger partial charge in [-0.3, -0.25) is 4.90 Å². The highest BCUT2D eigenvalue weighted by Gasteiger charge is 2.12. The summed E-state index contributed by atoms with van der Waals surface area (Å²) in [5.41, 5.74) is 0. The molecule has 56 valence electrons. The van der Waals surface area contributed by atoms with Crippen LogP contribution in [0.1, 0.15) is 6.92 Å². The zero-order valence-electron chi connectivity index (χ0n) is 6.30. The minimum atomic E-state index is 0.167. The molecule has 0 amide bonds. The van der Waals surface area contributed by atoms with Crippen molar-refractivity contribution in [1.29, 1.82) is 5.26 Å². The highest BCUT2D eigenvalue weighted by molar-refractivity contribution is 4.82. The Morgan fingerprint density at radius 2 is 2.60 bits per heavy atom. The molecule has 0 spiro atoms. The molecule has 1 aliphatic rings. The molecule has 0 saturated carbocycles. The molecule has 1 heterocycles. The predicted octanol–water partition coefficient (Wildman–Crippen LogP) is 0.00878. The fourth-order valence-electron chi connectivity index (χ4n) is 1.14. The summed E-state index contributed by atoms with van der Waals surface area (Å²) in [4.78, 5) is 2.26. The van der Waals surface area contributed by atoms with Gasteiger partial charge < -0.3 is 5.32 Å². The SMILES string of the molecule is CC(C#N)CN1CCNC1. The van der Waals surface area contributed by atoms with Gasteiger partial charge in [0, 0.05) is 26.3 Å². The molecular formula is C7H13N3. The second kappa shape index (κ2) is 3.55. The molecule has 3 heteroatoms. The summed E-state index contributed by atoms with van der Waals surface area (Å²) in [6.07, 6.45) is 0. The predicted molar refractivity (Wildman–Crippen MR) is 39.2 cm³/mol. The molecule has 0 aliphatic carbocycles. The van der Waals surface area contributed by atoms with E-state index in [0.29, 0.717) is 0 Å². The van der Waals surface area contributed by atoms with E-state index in [1.54, 1.807) is 0 Å². The van der Waals surface area contributed by atoms with E-state index in [1.807, 2.05) is 6.92 Å². The first kappa shape index (κ1) is 7.52. The van der Waals surface area contributed by atoms with Crippen LogP contribution in [0.5, 0.6) is 0 Å². The lowest BCUT2D eigenvalue weighted by Gasteiger charge is -2.13. The van der Waals surface area contributed by atoms with Gasteiger partial charge in [0.15, 0.2) is 0 Å². The lowest BCUT2D eigenvalue weighted by Crippen LogP contribution is -2.26. The largest absolute Gasteiger partial charge is 0.303 e. The van der Waals surface area contributed by atoms with Crippen LogP contribution in [0, 0.1) is 17.2 Å². The fraction of sp³-hybridized carbons (Fsp3) is 0.857. The van der Waals surface area contributed by atoms with Gasteiger partial charge >= 0.3 is 0 Å². The van der Waals surface area contributed by atoms with Crippen molar-refractivity contribution in [3.8, 4) is 6.07 Å². The summed E-state index contributed by atoms with van der Waals surface area (Å²) in [6.45, 7) is 5.97. The zero-order chi connectivity index (χ0) is 7.40. The minimum absolute atomic E-state index is 0.167. The third-order valence-electron chi connectivity index (χ3n) is 1.69. The van der Waals surface area contributed by atoms with Crippen molar-refractivity contribution < 1.29 is 0 Å². The minimum Gasteiger partial charge on any atom is -0.303 e. The summed E-state index contributed by atoms with van der Waals surface area (Å²) in [7, 11) is 0. The van der Waals surface area contributed by atoms with Crippen LogP contribution in [0.3, 0.4) is 0 Å². The molecule has 1 saturated heterocycles. The van der Waals surface area contributed by atoms with Gasteiger partial charge in [-0.05, 0) is 6.92 Å². The van der Waals surface area contributed by atoms with Gasteiger partial charge in [-0.2, -0.15) is 5.26 Å². The average Bonchev–Trinajstić information content (AvgIpc) is 2.40. The van der Waals surface area contributed by atoms with E-state index in [1.165, 1.54) is 0 Å². The van der Waals surface area contributed by atoms with Crippen molar-refractivity contribution in [2.45, 2.75) is 6.92 Å². The molecule has 1 atom stereocenters. The molecule has 1 aliphatic heterocycles. The molecule has 0 bridgehead atoms. The van der Waals surface area contributed by atoms with Crippen molar-refractivity contribution >= 4 is 0 Å². The van der Waals surface area contributed by atoms with Gasteiger partial charge in [0.2, 0.25) is 0 Å². The Morgan fingerprint density at radius 3 is 3.10 bits per heavy atom. The number of nitrogens with zero attached hydrogens (tertiary/aromatic N) is 2. The van der Waals surface area contributed by atoms with Crippen LogP contribution >= 0.6 is 0 Å².